The van der Waals surface area contributed by atoms with Crippen molar-refractivity contribution in [2.75, 3.05) is 25.1 Å². The summed E-state index contributed by atoms with van der Waals surface area (Å²) in [6.45, 7) is 9.55. The van der Waals surface area contributed by atoms with Gasteiger partial charge in [-0.2, -0.15) is 0 Å². The number of hydrazine groups is 1. The molecule has 4 N–H and O–H groups in total. The standard InChI is InChI=1S/C15H27N5O/c1-4-20(5-2)10-6-7-12(3)18-15(21)13-11-17-9-8-14(13)19-16/h8-9,11-12H,4-7,10,16H2,1-3H3,(H,17,19)(H,18,21). The molecule has 0 saturated carbocycles. The Morgan fingerprint density at radius 1 is 1.43 bits per heavy atom. The average Bonchev–Trinajstić information content (AvgIpc) is 2.51. The van der Waals surface area contributed by atoms with Gasteiger partial charge in [0.25, 0.3) is 5.91 Å². The molecule has 0 bridgehead atoms. The number of carbonyl (C=O) groups excluding carboxylic acids is 1. The number of pyridine rings is 1. The van der Waals surface area contributed by atoms with Crippen molar-refractivity contribution in [1.82, 2.24) is 15.2 Å². The van der Waals surface area contributed by atoms with Gasteiger partial charge in [0.2, 0.25) is 0 Å². The number of rotatable bonds is 9. The molecule has 118 valence electrons. The largest absolute Gasteiger partial charge is 0.349 e. The van der Waals surface area contributed by atoms with Crippen molar-refractivity contribution in [3.8, 4) is 0 Å². The second kappa shape index (κ2) is 9.31. The molecule has 6 nitrogen and oxygen atoms in total. The predicted molar refractivity (Wildman–Crippen MR) is 86.0 cm³/mol. The zero-order chi connectivity index (χ0) is 15.7. The van der Waals surface area contributed by atoms with Gasteiger partial charge < -0.3 is 15.6 Å². The monoisotopic (exact) mass is 293 g/mol. The summed E-state index contributed by atoms with van der Waals surface area (Å²) in [5.74, 6) is 5.25. The Morgan fingerprint density at radius 3 is 2.76 bits per heavy atom. The van der Waals surface area contributed by atoms with Crippen LogP contribution in [0.5, 0.6) is 0 Å². The summed E-state index contributed by atoms with van der Waals surface area (Å²) in [5, 5.41) is 2.99. The van der Waals surface area contributed by atoms with E-state index >= 15 is 0 Å². The van der Waals surface area contributed by atoms with E-state index in [0.717, 1.165) is 32.5 Å². The van der Waals surface area contributed by atoms with Gasteiger partial charge >= 0.3 is 0 Å². The molecule has 0 aliphatic rings. The van der Waals surface area contributed by atoms with Gasteiger partial charge in [0, 0.05) is 18.4 Å². The van der Waals surface area contributed by atoms with Crippen LogP contribution in [0, 0.1) is 0 Å². The van der Waals surface area contributed by atoms with E-state index in [2.05, 4.69) is 34.5 Å². The summed E-state index contributed by atoms with van der Waals surface area (Å²) in [7, 11) is 0. The minimum atomic E-state index is -0.147. The molecule has 0 fully saturated rings. The third-order valence-electron chi connectivity index (χ3n) is 3.60. The van der Waals surface area contributed by atoms with Crippen molar-refractivity contribution in [3.63, 3.8) is 0 Å². The van der Waals surface area contributed by atoms with Crippen LogP contribution in [0.3, 0.4) is 0 Å². The van der Waals surface area contributed by atoms with Gasteiger partial charge in [0.05, 0.1) is 11.3 Å². The first kappa shape index (κ1) is 17.4. The highest BCUT2D eigenvalue weighted by Gasteiger charge is 2.13. The smallest absolute Gasteiger partial charge is 0.255 e. The molecule has 1 heterocycles. The quantitative estimate of drug-likeness (QED) is 0.476. The van der Waals surface area contributed by atoms with Gasteiger partial charge in [-0.25, -0.2) is 0 Å². The van der Waals surface area contributed by atoms with Gasteiger partial charge in [0.1, 0.15) is 0 Å². The van der Waals surface area contributed by atoms with Gasteiger partial charge in [-0.05, 0) is 45.5 Å². The maximum absolute atomic E-state index is 12.2. The van der Waals surface area contributed by atoms with Crippen LogP contribution in [0.25, 0.3) is 0 Å². The maximum atomic E-state index is 12.2. The first-order valence-electron chi connectivity index (χ1n) is 7.56. The number of nitrogens with zero attached hydrogens (tertiary/aromatic N) is 2. The van der Waals surface area contributed by atoms with Crippen molar-refractivity contribution in [1.29, 1.82) is 0 Å². The number of anilines is 1. The lowest BCUT2D eigenvalue weighted by Crippen LogP contribution is -2.34. The van der Waals surface area contributed by atoms with Crippen molar-refractivity contribution in [3.05, 3.63) is 24.0 Å². The Labute approximate surface area is 127 Å². The fraction of sp³-hybridized carbons (Fsp3) is 0.600. The van der Waals surface area contributed by atoms with E-state index in [1.165, 1.54) is 6.20 Å². The van der Waals surface area contributed by atoms with E-state index in [1.807, 2.05) is 6.92 Å². The molecule has 1 aromatic heterocycles. The topological polar surface area (TPSA) is 83.3 Å². The fourth-order valence-corrected chi connectivity index (χ4v) is 2.24. The van der Waals surface area contributed by atoms with E-state index < -0.39 is 0 Å². The lowest BCUT2D eigenvalue weighted by molar-refractivity contribution is 0.0937. The number of nitrogen functional groups attached to an aromatic ring is 1. The minimum Gasteiger partial charge on any atom is -0.349 e. The van der Waals surface area contributed by atoms with Gasteiger partial charge in [-0.1, -0.05) is 13.8 Å². The molecule has 21 heavy (non-hydrogen) atoms. The second-order valence-corrected chi connectivity index (χ2v) is 5.11. The van der Waals surface area contributed by atoms with Crippen molar-refractivity contribution in [2.24, 2.45) is 5.84 Å². The molecule has 0 radical (unpaired) electrons. The highest BCUT2D eigenvalue weighted by atomic mass is 16.1. The molecule has 0 saturated heterocycles. The number of aromatic nitrogens is 1. The van der Waals surface area contributed by atoms with Gasteiger partial charge in [0.15, 0.2) is 0 Å². The van der Waals surface area contributed by atoms with E-state index in [4.69, 9.17) is 5.84 Å². The first-order chi connectivity index (χ1) is 10.1. The molecule has 1 amide bonds. The highest BCUT2D eigenvalue weighted by molar-refractivity contribution is 5.99. The molecule has 0 aliphatic heterocycles. The summed E-state index contributed by atoms with van der Waals surface area (Å²) in [6.07, 6.45) is 5.14. The van der Waals surface area contributed by atoms with E-state index in [0.29, 0.717) is 11.3 Å². The van der Waals surface area contributed by atoms with Crippen molar-refractivity contribution < 1.29 is 4.79 Å². The van der Waals surface area contributed by atoms with Crippen LogP contribution >= 0.6 is 0 Å². The Bertz CT molecular complexity index is 434. The lowest BCUT2D eigenvalue weighted by Gasteiger charge is -2.20. The van der Waals surface area contributed by atoms with Crippen LogP contribution in [0.15, 0.2) is 18.5 Å². The summed E-state index contributed by atoms with van der Waals surface area (Å²) in [4.78, 5) is 18.5. The van der Waals surface area contributed by atoms with Crippen LogP contribution in [0.1, 0.15) is 44.0 Å². The molecular formula is C15H27N5O. The van der Waals surface area contributed by atoms with E-state index in [9.17, 15) is 4.79 Å². The van der Waals surface area contributed by atoms with Crippen LogP contribution in [0.4, 0.5) is 5.69 Å². The van der Waals surface area contributed by atoms with Crippen LogP contribution < -0.4 is 16.6 Å². The summed E-state index contributed by atoms with van der Waals surface area (Å²) >= 11 is 0. The summed E-state index contributed by atoms with van der Waals surface area (Å²) in [6, 6.07) is 1.80. The highest BCUT2D eigenvalue weighted by Crippen LogP contribution is 2.12. The number of amides is 1. The Morgan fingerprint density at radius 2 is 2.14 bits per heavy atom. The van der Waals surface area contributed by atoms with E-state index in [-0.39, 0.29) is 11.9 Å². The Hall–Kier alpha value is -1.66. The molecular weight excluding hydrogens is 266 g/mol. The number of hydrogen-bond acceptors (Lipinski definition) is 5. The van der Waals surface area contributed by atoms with Crippen LogP contribution in [-0.4, -0.2) is 41.5 Å². The summed E-state index contributed by atoms with van der Waals surface area (Å²) < 4.78 is 0. The fourth-order valence-electron chi connectivity index (χ4n) is 2.24. The van der Waals surface area contributed by atoms with Crippen LogP contribution in [-0.2, 0) is 0 Å². The lowest BCUT2D eigenvalue weighted by atomic mass is 10.1. The average molecular weight is 293 g/mol. The molecule has 1 atom stereocenters. The second-order valence-electron chi connectivity index (χ2n) is 5.11. The normalized spacial score (nSPS) is 12.2. The molecule has 1 rings (SSSR count). The molecule has 6 heteroatoms. The number of hydrogen-bond donors (Lipinski definition) is 3. The van der Waals surface area contributed by atoms with Crippen molar-refractivity contribution in [2.45, 2.75) is 39.7 Å². The predicted octanol–water partition coefficient (Wildman–Crippen LogP) is 1.61. The zero-order valence-corrected chi connectivity index (χ0v) is 13.2. The van der Waals surface area contributed by atoms with Crippen LogP contribution in [0.2, 0.25) is 0 Å². The number of carbonyl (C=O) groups is 1. The molecule has 1 unspecified atom stereocenters. The van der Waals surface area contributed by atoms with E-state index in [1.54, 1.807) is 12.3 Å². The molecule has 0 aromatic carbocycles. The molecule has 0 aliphatic carbocycles. The Balaban J connectivity index is 2.43. The Kier molecular flexibility index (Phi) is 7.71. The molecule has 1 aromatic rings. The first-order valence-corrected chi connectivity index (χ1v) is 7.56. The zero-order valence-electron chi connectivity index (χ0n) is 13.2. The molecule has 0 spiro atoms. The third kappa shape index (κ3) is 5.69. The maximum Gasteiger partial charge on any atom is 0.255 e. The number of nitrogens with one attached hydrogen (secondary N) is 2. The SMILES string of the molecule is CCN(CC)CCCC(C)NC(=O)c1cnccc1NN. The third-order valence-corrected chi connectivity index (χ3v) is 3.60. The minimum absolute atomic E-state index is 0.124. The van der Waals surface area contributed by atoms with Gasteiger partial charge in [-0.15, -0.1) is 0 Å². The number of nitrogens with two attached hydrogens (primary N) is 1. The summed E-state index contributed by atoms with van der Waals surface area (Å²) in [5.41, 5.74) is 3.57. The van der Waals surface area contributed by atoms with Crippen molar-refractivity contribution >= 4 is 11.6 Å². The van der Waals surface area contributed by atoms with Gasteiger partial charge in [-0.3, -0.25) is 15.6 Å².